The summed E-state index contributed by atoms with van der Waals surface area (Å²) in [6.45, 7) is 2.67. The first-order valence-corrected chi connectivity index (χ1v) is 4.62. The molecular formula is C10H10F2N2O. The van der Waals surface area contributed by atoms with Gasteiger partial charge in [-0.3, -0.25) is 0 Å². The normalized spacial score (nSPS) is 11.1. The van der Waals surface area contributed by atoms with Crippen molar-refractivity contribution in [3.63, 3.8) is 0 Å². The molecule has 0 bridgehead atoms. The highest BCUT2D eigenvalue weighted by atomic mass is 19.2. The minimum atomic E-state index is -0.925. The van der Waals surface area contributed by atoms with E-state index in [1.165, 1.54) is 6.07 Å². The van der Waals surface area contributed by atoms with Crippen LogP contribution in [-0.4, -0.2) is 16.6 Å². The Morgan fingerprint density at radius 2 is 2.20 bits per heavy atom. The van der Waals surface area contributed by atoms with E-state index in [4.69, 9.17) is 4.74 Å². The van der Waals surface area contributed by atoms with Crippen molar-refractivity contribution in [1.29, 1.82) is 0 Å². The number of hydrogen-bond acceptors (Lipinski definition) is 2. The Bertz CT molecular complexity index is 481. The van der Waals surface area contributed by atoms with E-state index in [-0.39, 0.29) is 12.1 Å². The van der Waals surface area contributed by atoms with Gasteiger partial charge in [0, 0.05) is 6.61 Å². The smallest absolute Gasteiger partial charge is 0.186 e. The van der Waals surface area contributed by atoms with Crippen molar-refractivity contribution >= 4 is 11.0 Å². The number of aromatic nitrogens is 2. The SMILES string of the molecule is CCOCc1nc2c(F)c(F)ccc2[nH]1. The molecule has 0 aliphatic rings. The number of ether oxygens (including phenoxy) is 1. The van der Waals surface area contributed by atoms with Crippen molar-refractivity contribution < 1.29 is 13.5 Å². The van der Waals surface area contributed by atoms with Gasteiger partial charge in [0.1, 0.15) is 17.9 Å². The molecule has 0 saturated heterocycles. The van der Waals surface area contributed by atoms with Crippen LogP contribution < -0.4 is 0 Å². The summed E-state index contributed by atoms with van der Waals surface area (Å²) >= 11 is 0. The molecule has 1 N–H and O–H groups in total. The van der Waals surface area contributed by atoms with Crippen molar-refractivity contribution in [2.24, 2.45) is 0 Å². The molecular weight excluding hydrogens is 202 g/mol. The molecule has 80 valence electrons. The number of imidazole rings is 1. The molecule has 0 radical (unpaired) electrons. The van der Waals surface area contributed by atoms with E-state index in [9.17, 15) is 8.78 Å². The van der Waals surface area contributed by atoms with Gasteiger partial charge in [0.2, 0.25) is 0 Å². The third-order valence-corrected chi connectivity index (χ3v) is 2.04. The van der Waals surface area contributed by atoms with Crippen LogP contribution >= 0.6 is 0 Å². The summed E-state index contributed by atoms with van der Waals surface area (Å²) in [5.41, 5.74) is 0.494. The second-order valence-corrected chi connectivity index (χ2v) is 3.08. The Balaban J connectivity index is 2.42. The molecule has 5 heteroatoms. The third-order valence-electron chi connectivity index (χ3n) is 2.04. The Morgan fingerprint density at radius 1 is 1.40 bits per heavy atom. The lowest BCUT2D eigenvalue weighted by Gasteiger charge is -1.94. The van der Waals surface area contributed by atoms with E-state index in [2.05, 4.69) is 9.97 Å². The molecule has 0 aliphatic carbocycles. The first-order chi connectivity index (χ1) is 7.22. The minimum absolute atomic E-state index is 0.0182. The number of halogens is 2. The van der Waals surface area contributed by atoms with E-state index >= 15 is 0 Å². The molecule has 2 aromatic rings. The molecule has 2 rings (SSSR count). The lowest BCUT2D eigenvalue weighted by Crippen LogP contribution is -1.93. The fourth-order valence-corrected chi connectivity index (χ4v) is 1.34. The van der Waals surface area contributed by atoms with Crippen LogP contribution in [0.4, 0.5) is 8.78 Å². The summed E-state index contributed by atoms with van der Waals surface area (Å²) in [6, 6.07) is 2.52. The molecule has 0 aliphatic heterocycles. The van der Waals surface area contributed by atoms with Crippen LogP contribution in [0.5, 0.6) is 0 Å². The first-order valence-electron chi connectivity index (χ1n) is 4.62. The molecule has 0 atom stereocenters. The number of benzene rings is 1. The Morgan fingerprint density at radius 3 is 2.93 bits per heavy atom. The van der Waals surface area contributed by atoms with Crippen LogP contribution in [0.3, 0.4) is 0 Å². The maximum Gasteiger partial charge on any atom is 0.186 e. The number of nitrogens with zero attached hydrogens (tertiary/aromatic N) is 1. The predicted octanol–water partition coefficient (Wildman–Crippen LogP) is 2.38. The van der Waals surface area contributed by atoms with Gasteiger partial charge < -0.3 is 9.72 Å². The molecule has 0 saturated carbocycles. The summed E-state index contributed by atoms with van der Waals surface area (Å²) < 4.78 is 31.2. The Hall–Kier alpha value is -1.49. The van der Waals surface area contributed by atoms with E-state index in [0.29, 0.717) is 17.9 Å². The Kier molecular flexibility index (Phi) is 2.64. The van der Waals surface area contributed by atoms with Crippen LogP contribution in [-0.2, 0) is 11.3 Å². The van der Waals surface area contributed by atoms with E-state index in [1.807, 2.05) is 6.92 Å². The fourth-order valence-electron chi connectivity index (χ4n) is 1.34. The van der Waals surface area contributed by atoms with E-state index < -0.39 is 11.6 Å². The highest BCUT2D eigenvalue weighted by Crippen LogP contribution is 2.18. The zero-order valence-corrected chi connectivity index (χ0v) is 8.18. The van der Waals surface area contributed by atoms with Crippen LogP contribution in [0.2, 0.25) is 0 Å². The molecule has 3 nitrogen and oxygen atoms in total. The van der Waals surface area contributed by atoms with Crippen molar-refractivity contribution in [2.75, 3.05) is 6.61 Å². The molecule has 1 aromatic carbocycles. The van der Waals surface area contributed by atoms with Crippen molar-refractivity contribution in [3.05, 3.63) is 29.6 Å². The van der Waals surface area contributed by atoms with Gasteiger partial charge in [-0.2, -0.15) is 0 Å². The van der Waals surface area contributed by atoms with Crippen LogP contribution in [0.1, 0.15) is 12.7 Å². The van der Waals surface area contributed by atoms with Crippen LogP contribution in [0, 0.1) is 11.6 Å². The Labute approximate surface area is 85.1 Å². The van der Waals surface area contributed by atoms with Crippen molar-refractivity contribution in [1.82, 2.24) is 9.97 Å². The third kappa shape index (κ3) is 1.83. The lowest BCUT2D eigenvalue weighted by atomic mass is 10.3. The standard InChI is InChI=1S/C10H10F2N2O/c1-2-15-5-8-13-7-4-3-6(11)9(12)10(7)14-8/h3-4H,2,5H2,1H3,(H,13,14). The predicted molar refractivity (Wildman–Crippen MR) is 51.3 cm³/mol. The van der Waals surface area contributed by atoms with Crippen LogP contribution in [0.15, 0.2) is 12.1 Å². The average molecular weight is 212 g/mol. The zero-order valence-electron chi connectivity index (χ0n) is 8.18. The highest BCUT2D eigenvalue weighted by molar-refractivity contribution is 5.75. The van der Waals surface area contributed by atoms with Gasteiger partial charge in [0.15, 0.2) is 11.6 Å². The second-order valence-electron chi connectivity index (χ2n) is 3.08. The molecule has 0 amide bonds. The number of aromatic amines is 1. The molecule has 0 spiro atoms. The molecule has 1 aromatic heterocycles. The number of nitrogens with one attached hydrogen (secondary N) is 1. The van der Waals surface area contributed by atoms with Gasteiger partial charge in [0.25, 0.3) is 0 Å². The van der Waals surface area contributed by atoms with Gasteiger partial charge in [-0.05, 0) is 19.1 Å². The summed E-state index contributed by atoms with van der Waals surface area (Å²) in [6.07, 6.45) is 0. The van der Waals surface area contributed by atoms with Crippen LogP contribution in [0.25, 0.3) is 11.0 Å². The monoisotopic (exact) mass is 212 g/mol. The number of hydrogen-bond donors (Lipinski definition) is 1. The van der Waals surface area contributed by atoms with E-state index in [0.717, 1.165) is 6.07 Å². The molecule has 0 fully saturated rings. The summed E-state index contributed by atoms with van der Waals surface area (Å²) in [4.78, 5) is 6.77. The van der Waals surface area contributed by atoms with Gasteiger partial charge >= 0.3 is 0 Å². The topological polar surface area (TPSA) is 37.9 Å². The largest absolute Gasteiger partial charge is 0.374 e. The van der Waals surface area contributed by atoms with Crippen molar-refractivity contribution in [3.8, 4) is 0 Å². The minimum Gasteiger partial charge on any atom is -0.374 e. The molecule has 15 heavy (non-hydrogen) atoms. The fraction of sp³-hybridized carbons (Fsp3) is 0.300. The molecule has 0 unspecified atom stereocenters. The van der Waals surface area contributed by atoms with E-state index in [1.54, 1.807) is 0 Å². The maximum absolute atomic E-state index is 13.2. The highest BCUT2D eigenvalue weighted by Gasteiger charge is 2.11. The van der Waals surface area contributed by atoms with Crippen molar-refractivity contribution in [2.45, 2.75) is 13.5 Å². The second kappa shape index (κ2) is 3.94. The summed E-state index contributed by atoms with van der Waals surface area (Å²) in [7, 11) is 0. The van der Waals surface area contributed by atoms with Gasteiger partial charge in [-0.25, -0.2) is 13.8 Å². The average Bonchev–Trinajstić information content (AvgIpc) is 2.64. The molecule has 1 heterocycles. The first kappa shape index (κ1) is 10.0. The number of rotatable bonds is 3. The number of H-pyrrole nitrogens is 1. The van der Waals surface area contributed by atoms with Gasteiger partial charge in [-0.15, -0.1) is 0 Å². The quantitative estimate of drug-likeness (QED) is 0.848. The maximum atomic E-state index is 13.2. The summed E-state index contributed by atoms with van der Waals surface area (Å²) in [5, 5.41) is 0. The zero-order chi connectivity index (χ0) is 10.8. The van der Waals surface area contributed by atoms with Gasteiger partial charge in [0.05, 0.1) is 5.52 Å². The summed E-state index contributed by atoms with van der Waals surface area (Å²) in [5.74, 6) is -1.32. The lowest BCUT2D eigenvalue weighted by molar-refractivity contribution is 0.129. The van der Waals surface area contributed by atoms with Gasteiger partial charge in [-0.1, -0.05) is 0 Å². The number of fused-ring (bicyclic) bond motifs is 1.